The van der Waals surface area contributed by atoms with Gasteiger partial charge in [0.1, 0.15) is 7.85 Å². The summed E-state index contributed by atoms with van der Waals surface area (Å²) in [5.41, 5.74) is 1.08. The molecule has 0 N–H and O–H groups in total. The molecule has 70 valence electrons. The Bertz CT molecular complexity index is 274. The zero-order valence-electron chi connectivity index (χ0n) is 8.38. The van der Waals surface area contributed by atoms with Gasteiger partial charge in [0.25, 0.3) is 0 Å². The fraction of sp³-hybridized carbons (Fsp3) is 0.333. The van der Waals surface area contributed by atoms with E-state index in [9.17, 15) is 0 Å². The molecule has 0 amide bonds. The topological polar surface area (TPSA) is 27.7 Å². The minimum absolute atomic E-state index is 0.635. The fourth-order valence-electron chi connectivity index (χ4n) is 1.21. The highest BCUT2D eigenvalue weighted by atomic mass is 16.5. The normalized spacial score (nSPS) is 9.46. The molecule has 0 heterocycles. The predicted molar refractivity (Wildman–Crippen MR) is 54.3 cm³/mol. The Labute approximate surface area is 79.0 Å². The minimum atomic E-state index is 0.635. The molecular formula is C9H13BO3. The number of hydrogen-bond acceptors (Lipinski definition) is 3. The quantitative estimate of drug-likeness (QED) is 0.611. The fourth-order valence-corrected chi connectivity index (χ4v) is 1.21. The lowest BCUT2D eigenvalue weighted by molar-refractivity contribution is 0.325. The summed E-state index contributed by atoms with van der Waals surface area (Å²) in [7, 11) is 6.79. The molecule has 0 aromatic heterocycles. The van der Waals surface area contributed by atoms with E-state index >= 15 is 0 Å². The zero-order valence-corrected chi connectivity index (χ0v) is 8.38. The molecule has 0 bridgehead atoms. The molecule has 1 aromatic carbocycles. The second-order valence-corrected chi connectivity index (χ2v) is 2.70. The molecule has 1 aromatic rings. The molecule has 0 unspecified atom stereocenters. The third-order valence-corrected chi connectivity index (χ3v) is 1.81. The summed E-state index contributed by atoms with van der Waals surface area (Å²) < 4.78 is 15.5. The van der Waals surface area contributed by atoms with Gasteiger partial charge < -0.3 is 14.2 Å². The van der Waals surface area contributed by atoms with Gasteiger partial charge in [-0.05, 0) is 12.1 Å². The Morgan fingerprint density at radius 3 is 1.69 bits per heavy atom. The van der Waals surface area contributed by atoms with Crippen molar-refractivity contribution in [3.63, 3.8) is 0 Å². The van der Waals surface area contributed by atoms with Gasteiger partial charge in [0.05, 0.1) is 21.3 Å². The van der Waals surface area contributed by atoms with Crippen molar-refractivity contribution in [3.8, 4) is 17.2 Å². The SMILES string of the molecule is Bc1cc(OC)c(OC)c(OC)c1. The molecule has 1 rings (SSSR count). The Balaban J connectivity index is 3.25. The van der Waals surface area contributed by atoms with Crippen LogP contribution in [0.25, 0.3) is 0 Å². The standard InChI is InChI=1S/C9H13BO3/c1-11-7-4-6(10)5-8(12-2)9(7)13-3/h4-5H,10H2,1-3H3. The van der Waals surface area contributed by atoms with E-state index < -0.39 is 0 Å². The van der Waals surface area contributed by atoms with Crippen molar-refractivity contribution >= 4 is 13.3 Å². The molecule has 0 saturated carbocycles. The van der Waals surface area contributed by atoms with Gasteiger partial charge in [0.2, 0.25) is 5.75 Å². The van der Waals surface area contributed by atoms with E-state index in [4.69, 9.17) is 14.2 Å². The smallest absolute Gasteiger partial charge is 0.203 e. The van der Waals surface area contributed by atoms with Crippen molar-refractivity contribution in [3.05, 3.63) is 12.1 Å². The molecule has 0 saturated heterocycles. The van der Waals surface area contributed by atoms with Crippen molar-refractivity contribution in [2.45, 2.75) is 0 Å². The Hall–Kier alpha value is -1.32. The van der Waals surface area contributed by atoms with Crippen molar-refractivity contribution in [2.24, 2.45) is 0 Å². The van der Waals surface area contributed by atoms with E-state index in [0.29, 0.717) is 17.2 Å². The summed E-state index contributed by atoms with van der Waals surface area (Å²) in [6.45, 7) is 0. The van der Waals surface area contributed by atoms with Gasteiger partial charge in [-0.15, -0.1) is 0 Å². The molecule has 3 nitrogen and oxygen atoms in total. The maximum Gasteiger partial charge on any atom is 0.203 e. The van der Waals surface area contributed by atoms with Gasteiger partial charge in [-0.3, -0.25) is 0 Å². The largest absolute Gasteiger partial charge is 0.493 e. The highest BCUT2D eigenvalue weighted by Crippen LogP contribution is 2.35. The van der Waals surface area contributed by atoms with Gasteiger partial charge >= 0.3 is 0 Å². The van der Waals surface area contributed by atoms with Crippen LogP contribution in [0.3, 0.4) is 0 Å². The van der Waals surface area contributed by atoms with Crippen LogP contribution in [0.2, 0.25) is 0 Å². The van der Waals surface area contributed by atoms with Crippen molar-refractivity contribution < 1.29 is 14.2 Å². The molecule has 13 heavy (non-hydrogen) atoms. The molecular weight excluding hydrogens is 167 g/mol. The number of ether oxygens (including phenoxy) is 3. The lowest BCUT2D eigenvalue weighted by Gasteiger charge is -2.12. The Kier molecular flexibility index (Phi) is 3.06. The van der Waals surface area contributed by atoms with E-state index in [2.05, 4.69) is 0 Å². The van der Waals surface area contributed by atoms with Gasteiger partial charge in [-0.1, -0.05) is 5.46 Å². The first kappa shape index (κ1) is 9.77. The molecule has 0 aliphatic carbocycles. The zero-order chi connectivity index (χ0) is 9.84. The first-order valence-electron chi connectivity index (χ1n) is 3.99. The van der Waals surface area contributed by atoms with Gasteiger partial charge in [-0.2, -0.15) is 0 Å². The van der Waals surface area contributed by atoms with E-state index in [0.717, 1.165) is 5.46 Å². The maximum absolute atomic E-state index is 5.16. The second kappa shape index (κ2) is 4.07. The Morgan fingerprint density at radius 2 is 1.38 bits per heavy atom. The molecule has 0 atom stereocenters. The van der Waals surface area contributed by atoms with Crippen LogP contribution in [-0.4, -0.2) is 29.2 Å². The van der Waals surface area contributed by atoms with Crippen LogP contribution in [-0.2, 0) is 0 Å². The van der Waals surface area contributed by atoms with Crippen LogP contribution < -0.4 is 19.7 Å². The lowest BCUT2D eigenvalue weighted by Crippen LogP contribution is -2.05. The maximum atomic E-state index is 5.16. The summed E-state index contributed by atoms with van der Waals surface area (Å²) in [5, 5.41) is 0. The molecule has 0 aliphatic heterocycles. The first-order valence-corrected chi connectivity index (χ1v) is 3.99. The average molecular weight is 180 g/mol. The van der Waals surface area contributed by atoms with Crippen molar-refractivity contribution in [2.75, 3.05) is 21.3 Å². The summed E-state index contributed by atoms with van der Waals surface area (Å²) in [4.78, 5) is 0. The molecule has 0 fully saturated rings. The van der Waals surface area contributed by atoms with Crippen LogP contribution in [0.1, 0.15) is 0 Å². The number of rotatable bonds is 3. The van der Waals surface area contributed by atoms with Gasteiger partial charge in [0.15, 0.2) is 11.5 Å². The molecule has 0 spiro atoms. The van der Waals surface area contributed by atoms with Crippen LogP contribution in [0.15, 0.2) is 12.1 Å². The number of hydrogen-bond donors (Lipinski definition) is 0. The van der Waals surface area contributed by atoms with Crippen molar-refractivity contribution in [1.82, 2.24) is 0 Å². The monoisotopic (exact) mass is 180 g/mol. The summed E-state index contributed by atoms with van der Waals surface area (Å²) in [6, 6.07) is 3.81. The predicted octanol–water partition coefficient (Wildman–Crippen LogP) is -0.0292. The van der Waals surface area contributed by atoms with Crippen LogP contribution in [0.4, 0.5) is 0 Å². The highest BCUT2D eigenvalue weighted by Gasteiger charge is 2.10. The minimum Gasteiger partial charge on any atom is -0.493 e. The first-order chi connectivity index (χ1) is 6.22. The molecule has 0 radical (unpaired) electrons. The highest BCUT2D eigenvalue weighted by molar-refractivity contribution is 6.32. The van der Waals surface area contributed by atoms with Crippen LogP contribution >= 0.6 is 0 Å². The van der Waals surface area contributed by atoms with Gasteiger partial charge in [-0.25, -0.2) is 0 Å². The summed E-state index contributed by atoms with van der Waals surface area (Å²) in [6.07, 6.45) is 0. The van der Waals surface area contributed by atoms with Crippen LogP contribution in [0, 0.1) is 0 Å². The van der Waals surface area contributed by atoms with E-state index in [1.807, 2.05) is 20.0 Å². The third kappa shape index (κ3) is 1.88. The van der Waals surface area contributed by atoms with Crippen molar-refractivity contribution in [1.29, 1.82) is 0 Å². The summed E-state index contributed by atoms with van der Waals surface area (Å²) >= 11 is 0. The number of methoxy groups -OCH3 is 3. The molecule has 0 aliphatic rings. The van der Waals surface area contributed by atoms with Crippen LogP contribution in [0.5, 0.6) is 17.2 Å². The second-order valence-electron chi connectivity index (χ2n) is 2.70. The third-order valence-electron chi connectivity index (χ3n) is 1.81. The van der Waals surface area contributed by atoms with Gasteiger partial charge in [0, 0.05) is 0 Å². The van der Waals surface area contributed by atoms with E-state index in [1.54, 1.807) is 21.3 Å². The Morgan fingerprint density at radius 1 is 0.923 bits per heavy atom. The van der Waals surface area contributed by atoms with E-state index in [-0.39, 0.29) is 0 Å². The number of benzene rings is 1. The average Bonchev–Trinajstić information content (AvgIpc) is 2.16. The lowest BCUT2D eigenvalue weighted by atomic mass is 9.95. The van der Waals surface area contributed by atoms with E-state index in [1.165, 1.54) is 0 Å². The molecule has 4 heteroatoms. The summed E-state index contributed by atoms with van der Waals surface area (Å²) in [5.74, 6) is 2.02.